The Balaban J connectivity index is 2.38. The van der Waals surface area contributed by atoms with E-state index in [1.165, 1.54) is 0 Å². The highest BCUT2D eigenvalue weighted by Gasteiger charge is 2.25. The van der Waals surface area contributed by atoms with E-state index in [0.29, 0.717) is 17.2 Å². The van der Waals surface area contributed by atoms with Crippen molar-refractivity contribution in [1.82, 2.24) is 5.43 Å². The van der Waals surface area contributed by atoms with Crippen LogP contribution in [0, 0.1) is 5.92 Å². The molecule has 2 N–H and O–H groups in total. The molecular formula is C13H16N2O4. The van der Waals surface area contributed by atoms with Crippen LogP contribution in [0.15, 0.2) is 23.3 Å². The lowest BCUT2D eigenvalue weighted by Gasteiger charge is -2.21. The summed E-state index contributed by atoms with van der Waals surface area (Å²) in [5, 5.41) is 13.4. The summed E-state index contributed by atoms with van der Waals surface area (Å²) in [6.07, 6.45) is 0.226. The highest BCUT2D eigenvalue weighted by Crippen LogP contribution is 2.29. The number of amides is 1. The molecule has 1 heterocycles. The first kappa shape index (κ1) is 13.4. The van der Waals surface area contributed by atoms with Gasteiger partial charge in [0.1, 0.15) is 0 Å². The number of aliphatic hydroxyl groups excluding tert-OH is 1. The van der Waals surface area contributed by atoms with Crippen molar-refractivity contribution in [2.75, 3.05) is 20.8 Å². The van der Waals surface area contributed by atoms with Crippen molar-refractivity contribution in [2.45, 2.75) is 6.42 Å². The highest BCUT2D eigenvalue weighted by molar-refractivity contribution is 6.06. The Morgan fingerprint density at radius 2 is 2.11 bits per heavy atom. The molecule has 0 fully saturated rings. The fourth-order valence-corrected chi connectivity index (χ4v) is 2.03. The second-order valence-electron chi connectivity index (χ2n) is 4.19. The molecule has 1 aliphatic rings. The maximum Gasteiger partial charge on any atom is 0.240 e. The Labute approximate surface area is 111 Å². The largest absolute Gasteiger partial charge is 0.493 e. The summed E-state index contributed by atoms with van der Waals surface area (Å²) < 4.78 is 10.4. The second-order valence-corrected chi connectivity index (χ2v) is 4.19. The fraction of sp³-hybridized carbons (Fsp3) is 0.385. The van der Waals surface area contributed by atoms with Crippen molar-refractivity contribution in [3.63, 3.8) is 0 Å². The molecule has 1 aliphatic heterocycles. The number of hydrogen-bond acceptors (Lipinski definition) is 5. The lowest BCUT2D eigenvalue weighted by Crippen LogP contribution is -2.35. The van der Waals surface area contributed by atoms with Crippen LogP contribution in [0.25, 0.3) is 0 Å². The molecule has 0 saturated heterocycles. The average Bonchev–Trinajstić information content (AvgIpc) is 2.46. The van der Waals surface area contributed by atoms with Gasteiger partial charge in [0.25, 0.3) is 0 Å². The van der Waals surface area contributed by atoms with Gasteiger partial charge in [-0.05, 0) is 18.2 Å². The van der Waals surface area contributed by atoms with Crippen LogP contribution in [0.4, 0.5) is 0 Å². The number of methoxy groups -OCH3 is 2. The molecule has 0 unspecified atom stereocenters. The number of hydrazone groups is 1. The van der Waals surface area contributed by atoms with Crippen molar-refractivity contribution >= 4 is 11.6 Å². The van der Waals surface area contributed by atoms with E-state index in [2.05, 4.69) is 10.5 Å². The van der Waals surface area contributed by atoms with E-state index in [0.717, 1.165) is 5.56 Å². The summed E-state index contributed by atoms with van der Waals surface area (Å²) in [6, 6.07) is 5.36. The maximum atomic E-state index is 11.3. The van der Waals surface area contributed by atoms with Gasteiger partial charge >= 0.3 is 0 Å². The molecule has 1 aromatic carbocycles. The molecular weight excluding hydrogens is 248 g/mol. The van der Waals surface area contributed by atoms with E-state index in [1.807, 2.05) is 6.07 Å². The normalized spacial score (nSPS) is 18.6. The summed E-state index contributed by atoms with van der Waals surface area (Å²) in [6.45, 7) is -0.124. The van der Waals surface area contributed by atoms with Gasteiger partial charge in [-0.2, -0.15) is 5.10 Å². The summed E-state index contributed by atoms with van der Waals surface area (Å²) in [7, 11) is 3.11. The molecule has 6 nitrogen and oxygen atoms in total. The molecule has 2 rings (SSSR count). The van der Waals surface area contributed by atoms with Crippen molar-refractivity contribution in [1.29, 1.82) is 0 Å². The Hall–Kier alpha value is -2.08. The van der Waals surface area contributed by atoms with Gasteiger partial charge in [0.15, 0.2) is 11.5 Å². The summed E-state index contributed by atoms with van der Waals surface area (Å²) in [4.78, 5) is 11.3. The van der Waals surface area contributed by atoms with Gasteiger partial charge in [0.2, 0.25) is 5.91 Å². The standard InChI is InChI=1S/C13H16N2O4/c1-18-10-4-3-8(5-11(10)19-2)13-9(7-16)6-12(17)14-15-13/h3-5,9,16H,6-7H2,1-2H3,(H,14,17)/t9-/m0/s1. The first-order chi connectivity index (χ1) is 9.19. The van der Waals surface area contributed by atoms with Crippen molar-refractivity contribution in [3.8, 4) is 11.5 Å². The smallest absolute Gasteiger partial charge is 0.240 e. The van der Waals surface area contributed by atoms with Gasteiger partial charge < -0.3 is 14.6 Å². The Bertz CT molecular complexity index is 513. The minimum absolute atomic E-state index is 0.124. The van der Waals surface area contributed by atoms with E-state index < -0.39 is 0 Å². The Morgan fingerprint density at radius 3 is 2.74 bits per heavy atom. The summed E-state index contributed by atoms with van der Waals surface area (Å²) >= 11 is 0. The number of nitrogens with one attached hydrogen (secondary N) is 1. The monoisotopic (exact) mass is 264 g/mol. The van der Waals surface area contributed by atoms with Crippen LogP contribution in [0.1, 0.15) is 12.0 Å². The van der Waals surface area contributed by atoms with Crippen molar-refractivity contribution in [3.05, 3.63) is 23.8 Å². The number of rotatable bonds is 4. The zero-order valence-electron chi connectivity index (χ0n) is 10.8. The lowest BCUT2D eigenvalue weighted by molar-refractivity contribution is -0.122. The van der Waals surface area contributed by atoms with Gasteiger partial charge in [0.05, 0.1) is 26.5 Å². The predicted molar refractivity (Wildman–Crippen MR) is 69.4 cm³/mol. The Morgan fingerprint density at radius 1 is 1.37 bits per heavy atom. The van der Waals surface area contributed by atoms with E-state index >= 15 is 0 Å². The minimum Gasteiger partial charge on any atom is -0.493 e. The molecule has 0 saturated carbocycles. The third-order valence-corrected chi connectivity index (χ3v) is 3.02. The van der Waals surface area contributed by atoms with E-state index in [9.17, 15) is 9.90 Å². The van der Waals surface area contributed by atoms with Gasteiger partial charge in [-0.3, -0.25) is 4.79 Å². The molecule has 0 aliphatic carbocycles. The molecule has 1 atom stereocenters. The maximum absolute atomic E-state index is 11.3. The SMILES string of the molecule is COc1ccc(C2=NNC(=O)C[C@H]2CO)cc1OC. The van der Waals surface area contributed by atoms with Crippen molar-refractivity contribution < 1.29 is 19.4 Å². The zero-order chi connectivity index (χ0) is 13.8. The number of hydrogen-bond donors (Lipinski definition) is 2. The predicted octanol–water partition coefficient (Wildman–Crippen LogP) is 0.536. The first-order valence-electron chi connectivity index (χ1n) is 5.89. The van der Waals surface area contributed by atoms with Crippen LogP contribution >= 0.6 is 0 Å². The summed E-state index contributed by atoms with van der Waals surface area (Å²) in [5.41, 5.74) is 3.86. The quantitative estimate of drug-likeness (QED) is 0.831. The van der Waals surface area contributed by atoms with Crippen LogP contribution in [0.5, 0.6) is 11.5 Å². The molecule has 1 aromatic rings. The van der Waals surface area contributed by atoms with E-state index in [-0.39, 0.29) is 24.9 Å². The number of benzene rings is 1. The summed E-state index contributed by atoms with van der Waals surface area (Å²) in [5.74, 6) is 0.707. The lowest BCUT2D eigenvalue weighted by atomic mass is 9.93. The third-order valence-electron chi connectivity index (χ3n) is 3.02. The molecule has 19 heavy (non-hydrogen) atoms. The van der Waals surface area contributed by atoms with Crippen LogP contribution < -0.4 is 14.9 Å². The van der Waals surface area contributed by atoms with Gasteiger partial charge in [-0.1, -0.05) is 0 Å². The van der Waals surface area contributed by atoms with Crippen LogP contribution in [-0.2, 0) is 4.79 Å². The molecule has 0 radical (unpaired) electrons. The molecule has 6 heteroatoms. The second kappa shape index (κ2) is 5.71. The highest BCUT2D eigenvalue weighted by atomic mass is 16.5. The number of nitrogens with zero attached hydrogens (tertiary/aromatic N) is 1. The number of ether oxygens (including phenoxy) is 2. The zero-order valence-corrected chi connectivity index (χ0v) is 10.8. The topological polar surface area (TPSA) is 80.2 Å². The van der Waals surface area contributed by atoms with Crippen LogP contribution in [0.3, 0.4) is 0 Å². The van der Waals surface area contributed by atoms with E-state index in [4.69, 9.17) is 9.47 Å². The number of carbonyl (C=O) groups is 1. The molecule has 0 bridgehead atoms. The van der Waals surface area contributed by atoms with E-state index in [1.54, 1.807) is 26.4 Å². The Kier molecular flexibility index (Phi) is 4.01. The van der Waals surface area contributed by atoms with Gasteiger partial charge in [0, 0.05) is 17.9 Å². The molecule has 102 valence electrons. The van der Waals surface area contributed by atoms with Gasteiger partial charge in [-0.25, -0.2) is 5.43 Å². The molecule has 0 spiro atoms. The third kappa shape index (κ3) is 2.68. The van der Waals surface area contributed by atoms with Crippen molar-refractivity contribution in [2.24, 2.45) is 11.0 Å². The molecule has 1 amide bonds. The number of carbonyl (C=O) groups excluding carboxylic acids is 1. The van der Waals surface area contributed by atoms with Gasteiger partial charge in [-0.15, -0.1) is 0 Å². The molecule has 0 aromatic heterocycles. The number of aliphatic hydroxyl groups is 1. The van der Waals surface area contributed by atoms with Crippen LogP contribution in [-0.4, -0.2) is 37.6 Å². The first-order valence-corrected chi connectivity index (χ1v) is 5.89. The van der Waals surface area contributed by atoms with Crippen LogP contribution in [0.2, 0.25) is 0 Å². The minimum atomic E-state index is -0.299. The average molecular weight is 264 g/mol. The fourth-order valence-electron chi connectivity index (χ4n) is 2.03.